The number of hydrogen-bond acceptors (Lipinski definition) is 6. The molecule has 0 saturated heterocycles. The van der Waals surface area contributed by atoms with Crippen molar-refractivity contribution in [2.75, 3.05) is 11.5 Å². The van der Waals surface area contributed by atoms with Gasteiger partial charge in [-0.25, -0.2) is 0 Å². The van der Waals surface area contributed by atoms with Crippen LogP contribution >= 0.6 is 0 Å². The molecule has 2 unspecified atom stereocenters. The number of fused-ring (bicyclic) bond motifs is 1. The number of hydrogen-bond donors (Lipinski definition) is 0. The Morgan fingerprint density at radius 2 is 1.41 bits per heavy atom. The number of non-ortho nitro benzene ring substituents is 1. The number of esters is 1. The van der Waals surface area contributed by atoms with Gasteiger partial charge in [0.05, 0.1) is 35.2 Å². The first-order chi connectivity index (χ1) is 23.9. The molecule has 0 saturated carbocycles. The predicted molar refractivity (Wildman–Crippen MR) is 185 cm³/mol. The summed E-state index contributed by atoms with van der Waals surface area (Å²) in [4.78, 5) is 56.9. The fourth-order valence-corrected chi connectivity index (χ4v) is 5.94. The van der Waals surface area contributed by atoms with Crippen molar-refractivity contribution in [2.24, 2.45) is 0 Å². The Hall–Kier alpha value is -6.53. The Balaban J connectivity index is 1.56. The predicted octanol–water partition coefficient (Wildman–Crippen LogP) is 7.55. The van der Waals surface area contributed by atoms with Gasteiger partial charge < -0.3 is 9.64 Å². The maximum Gasteiger partial charge on any atom is 0.308 e. The fraction of sp³-hybridized carbons (Fsp3) is 0.125. The molecule has 242 valence electrons. The van der Waals surface area contributed by atoms with Gasteiger partial charge in [-0.3, -0.25) is 29.4 Å². The first-order valence-corrected chi connectivity index (χ1v) is 15.7. The molecule has 1 heterocycles. The van der Waals surface area contributed by atoms with Crippen LogP contribution in [0.2, 0.25) is 0 Å². The molecule has 2 amide bonds. The number of benzene rings is 5. The van der Waals surface area contributed by atoms with Crippen LogP contribution in [0.3, 0.4) is 0 Å². The second-order valence-electron chi connectivity index (χ2n) is 11.3. The van der Waals surface area contributed by atoms with Gasteiger partial charge in [-0.1, -0.05) is 90.7 Å². The van der Waals surface area contributed by atoms with Crippen molar-refractivity contribution < 1.29 is 24.0 Å². The summed E-state index contributed by atoms with van der Waals surface area (Å²) in [6.45, 7) is 1.88. The number of ether oxygens (including phenoxy) is 1. The van der Waals surface area contributed by atoms with Gasteiger partial charge in [0, 0.05) is 28.9 Å². The maximum atomic E-state index is 15.1. The quantitative estimate of drug-likeness (QED) is 0.0743. The molecule has 0 fully saturated rings. The zero-order valence-electron chi connectivity index (χ0n) is 26.6. The van der Waals surface area contributed by atoms with Gasteiger partial charge >= 0.3 is 5.97 Å². The molecule has 9 heteroatoms. The number of rotatable bonds is 8. The number of carbonyl (C=O) groups is 3. The minimum absolute atomic E-state index is 0.0456. The summed E-state index contributed by atoms with van der Waals surface area (Å²) in [5, 5.41) is 11.1. The van der Waals surface area contributed by atoms with E-state index in [2.05, 4.69) is 11.8 Å². The molecule has 9 nitrogen and oxygen atoms in total. The van der Waals surface area contributed by atoms with E-state index in [4.69, 9.17) is 4.74 Å². The van der Waals surface area contributed by atoms with Gasteiger partial charge in [0.25, 0.3) is 17.5 Å². The monoisotopic (exact) mass is 649 g/mol. The van der Waals surface area contributed by atoms with E-state index >= 15 is 9.59 Å². The summed E-state index contributed by atoms with van der Waals surface area (Å²) < 4.78 is 5.36. The second kappa shape index (κ2) is 14.5. The summed E-state index contributed by atoms with van der Waals surface area (Å²) in [5.41, 5.74) is 3.40. The molecule has 0 spiro atoms. The van der Waals surface area contributed by atoms with Crippen LogP contribution < -0.4 is 4.90 Å². The van der Waals surface area contributed by atoms with Crippen LogP contribution in [0.15, 0.2) is 133 Å². The molecule has 0 N–H and O–H groups in total. The summed E-state index contributed by atoms with van der Waals surface area (Å²) >= 11 is 0. The van der Waals surface area contributed by atoms with Gasteiger partial charge in [0.1, 0.15) is 6.04 Å². The molecule has 0 bridgehead atoms. The largest absolute Gasteiger partial charge is 0.466 e. The van der Waals surface area contributed by atoms with E-state index < -0.39 is 28.9 Å². The summed E-state index contributed by atoms with van der Waals surface area (Å²) in [5.74, 6) is 4.73. The zero-order valence-corrected chi connectivity index (χ0v) is 26.6. The molecule has 5 aromatic rings. The van der Waals surface area contributed by atoms with Crippen LogP contribution in [-0.4, -0.2) is 34.2 Å². The third kappa shape index (κ3) is 6.94. The van der Waals surface area contributed by atoms with Gasteiger partial charge in [0.15, 0.2) is 0 Å². The molecule has 5 aromatic carbocycles. The number of nitro benzene ring substituents is 1. The van der Waals surface area contributed by atoms with Crippen molar-refractivity contribution in [3.05, 3.63) is 171 Å². The normalized spacial score (nSPS) is 14.6. The summed E-state index contributed by atoms with van der Waals surface area (Å²) in [6, 6.07) is 36.3. The molecule has 1 aliphatic heterocycles. The minimum atomic E-state index is -1.12. The van der Waals surface area contributed by atoms with Gasteiger partial charge in [-0.2, -0.15) is 0 Å². The highest BCUT2D eigenvalue weighted by Crippen LogP contribution is 2.43. The number of nitrogens with zero attached hydrogens (tertiary/aromatic N) is 3. The van der Waals surface area contributed by atoms with E-state index in [0.717, 1.165) is 0 Å². The van der Waals surface area contributed by atoms with E-state index in [-0.39, 0.29) is 30.2 Å². The van der Waals surface area contributed by atoms with Crippen LogP contribution in [0, 0.1) is 22.0 Å². The first kappa shape index (κ1) is 32.4. The molecule has 0 radical (unpaired) electrons. The van der Waals surface area contributed by atoms with Gasteiger partial charge in [-0.15, -0.1) is 0 Å². The van der Waals surface area contributed by atoms with Crippen molar-refractivity contribution >= 4 is 34.8 Å². The Kier molecular flexibility index (Phi) is 9.58. The van der Waals surface area contributed by atoms with E-state index in [1.54, 1.807) is 66.4 Å². The van der Waals surface area contributed by atoms with Crippen LogP contribution in [0.4, 0.5) is 17.1 Å². The van der Waals surface area contributed by atoms with Crippen molar-refractivity contribution in [1.29, 1.82) is 0 Å². The van der Waals surface area contributed by atoms with E-state index in [0.29, 0.717) is 33.6 Å². The highest BCUT2D eigenvalue weighted by molar-refractivity contribution is 6.14. The lowest BCUT2D eigenvalue weighted by Crippen LogP contribution is -2.43. The topological polar surface area (TPSA) is 110 Å². The van der Waals surface area contributed by atoms with E-state index in [1.807, 2.05) is 66.7 Å². The first-order valence-electron chi connectivity index (χ1n) is 15.7. The molecule has 6 rings (SSSR count). The van der Waals surface area contributed by atoms with E-state index in [1.165, 1.54) is 17.0 Å². The van der Waals surface area contributed by atoms with Crippen LogP contribution in [0.1, 0.15) is 58.0 Å². The average Bonchev–Trinajstić information content (AvgIpc) is 3.22. The highest BCUT2D eigenvalue weighted by atomic mass is 16.6. The lowest BCUT2D eigenvalue weighted by atomic mass is 9.95. The number of anilines is 2. The number of nitro groups is 1. The summed E-state index contributed by atoms with van der Waals surface area (Å²) in [6.07, 6.45) is -0.180. The molecule has 0 aliphatic carbocycles. The number of carbonyl (C=O) groups excluding carboxylic acids is 3. The molecule has 0 aromatic heterocycles. The Labute approximate surface area is 283 Å². The second-order valence-corrected chi connectivity index (χ2v) is 11.3. The number of para-hydroxylation sites is 1. The fourth-order valence-electron chi connectivity index (χ4n) is 5.94. The molecule has 2 atom stereocenters. The Bertz CT molecular complexity index is 2060. The molecule has 49 heavy (non-hydrogen) atoms. The Morgan fingerprint density at radius 1 is 0.816 bits per heavy atom. The van der Waals surface area contributed by atoms with E-state index in [9.17, 15) is 14.9 Å². The van der Waals surface area contributed by atoms with Gasteiger partial charge in [0.2, 0.25) is 0 Å². The highest BCUT2D eigenvalue weighted by Gasteiger charge is 2.45. The third-order valence-corrected chi connectivity index (χ3v) is 8.18. The van der Waals surface area contributed by atoms with Crippen LogP contribution in [-0.2, 0) is 14.3 Å². The van der Waals surface area contributed by atoms with Crippen molar-refractivity contribution in [3.63, 3.8) is 0 Å². The lowest BCUT2D eigenvalue weighted by molar-refractivity contribution is -0.384. The lowest BCUT2D eigenvalue weighted by Gasteiger charge is -2.37. The smallest absolute Gasteiger partial charge is 0.308 e. The number of amides is 2. The summed E-state index contributed by atoms with van der Waals surface area (Å²) in [7, 11) is 0. The molecular weight excluding hydrogens is 618 g/mol. The van der Waals surface area contributed by atoms with Crippen molar-refractivity contribution in [1.82, 2.24) is 4.90 Å². The van der Waals surface area contributed by atoms with Crippen LogP contribution in [0.5, 0.6) is 0 Å². The van der Waals surface area contributed by atoms with Gasteiger partial charge in [-0.05, 0) is 60.5 Å². The molecule has 1 aliphatic rings. The maximum absolute atomic E-state index is 15.1. The van der Waals surface area contributed by atoms with Crippen molar-refractivity contribution in [3.8, 4) is 11.8 Å². The minimum Gasteiger partial charge on any atom is -0.466 e. The van der Waals surface area contributed by atoms with Crippen molar-refractivity contribution in [2.45, 2.75) is 25.4 Å². The third-order valence-electron chi connectivity index (χ3n) is 8.18. The molecular formula is C40H31N3O6. The van der Waals surface area contributed by atoms with Crippen LogP contribution in [0.25, 0.3) is 0 Å². The standard InChI is InChI=1S/C40H31N3O6/c1-2-49-37(44)27-36(30-12-6-3-7-13-30)42-38(31-14-8-4-9-15-31)40(46)41(32-16-10-5-11-17-32)35-25-22-29(26-34(35)39(42)45)19-18-28-20-23-33(24-21-28)43(47)48/h3-17,20-26,36,38H,2,27H2,1H3. The average molecular weight is 650 g/mol. The Morgan fingerprint density at radius 3 is 2.04 bits per heavy atom. The zero-order chi connectivity index (χ0) is 34.3. The SMILES string of the molecule is CCOC(=O)CC(c1ccccc1)N1C(=O)c2cc(C#Cc3ccc([N+](=O)[O-])cc3)ccc2N(c2ccccc2)C(=O)C1c1ccccc1.